The van der Waals surface area contributed by atoms with E-state index in [0.29, 0.717) is 0 Å². The molecule has 2 aromatic rings. The maximum atomic E-state index is 6.28. The molecule has 0 aromatic heterocycles. The molecule has 104 valence electrons. The first-order chi connectivity index (χ1) is 9.59. The molecule has 1 atom stereocenters. The van der Waals surface area contributed by atoms with E-state index < -0.39 is 0 Å². The second-order valence-electron chi connectivity index (χ2n) is 5.29. The summed E-state index contributed by atoms with van der Waals surface area (Å²) in [6.45, 7) is 7.16. The van der Waals surface area contributed by atoms with E-state index in [2.05, 4.69) is 66.3 Å². The third kappa shape index (κ3) is 2.10. The van der Waals surface area contributed by atoms with E-state index in [0.717, 1.165) is 18.0 Å². The van der Waals surface area contributed by atoms with Crippen molar-refractivity contribution in [3.05, 3.63) is 57.1 Å². The molecule has 3 heteroatoms. The Kier molecular flexibility index (Phi) is 3.47. The summed E-state index contributed by atoms with van der Waals surface area (Å²) in [5.41, 5.74) is 5.99. The van der Waals surface area contributed by atoms with Crippen LogP contribution in [0.4, 0.5) is 5.69 Å². The van der Waals surface area contributed by atoms with Crippen LogP contribution in [0.3, 0.4) is 0 Å². The molecule has 0 amide bonds. The molecule has 0 saturated heterocycles. The summed E-state index contributed by atoms with van der Waals surface area (Å²) < 4.78 is 7.45. The van der Waals surface area contributed by atoms with Crippen LogP contribution in [0.2, 0.25) is 0 Å². The zero-order valence-corrected chi connectivity index (χ0v) is 13.5. The van der Waals surface area contributed by atoms with Gasteiger partial charge in [-0.2, -0.15) is 0 Å². The highest BCUT2D eigenvalue weighted by Gasteiger charge is 2.26. The Morgan fingerprint density at radius 3 is 2.45 bits per heavy atom. The Morgan fingerprint density at radius 2 is 1.75 bits per heavy atom. The number of halogens is 1. The van der Waals surface area contributed by atoms with Gasteiger partial charge in [0.1, 0.15) is 11.9 Å². The molecule has 2 nitrogen and oxygen atoms in total. The number of nitrogens with one attached hydrogen (secondary N) is 1. The van der Waals surface area contributed by atoms with Crippen LogP contribution in [0.15, 0.2) is 34.8 Å². The topological polar surface area (TPSA) is 21.3 Å². The zero-order valence-electron chi connectivity index (χ0n) is 12.0. The molecule has 1 aliphatic rings. The molecule has 0 spiro atoms. The van der Waals surface area contributed by atoms with Gasteiger partial charge in [-0.3, -0.25) is 0 Å². The predicted octanol–water partition coefficient (Wildman–Crippen LogP) is 4.92. The van der Waals surface area contributed by atoms with Gasteiger partial charge in [0.05, 0.1) is 12.2 Å². The SMILES string of the molecule is Cc1c(C)c2c(c(C)c1Br)NCC(c1ccccc1)O2. The molecule has 2 aromatic carbocycles. The molecule has 1 unspecified atom stereocenters. The summed E-state index contributed by atoms with van der Waals surface area (Å²) >= 11 is 3.67. The van der Waals surface area contributed by atoms with Crippen molar-refractivity contribution in [2.24, 2.45) is 0 Å². The molecule has 1 heterocycles. The molecule has 0 fully saturated rings. The van der Waals surface area contributed by atoms with Crippen molar-refractivity contribution < 1.29 is 4.74 Å². The van der Waals surface area contributed by atoms with Gasteiger partial charge in [0.25, 0.3) is 0 Å². The van der Waals surface area contributed by atoms with Crippen molar-refractivity contribution in [3.8, 4) is 5.75 Å². The molecule has 0 aliphatic carbocycles. The lowest BCUT2D eigenvalue weighted by molar-refractivity contribution is 0.208. The molecule has 0 radical (unpaired) electrons. The minimum atomic E-state index is 0.0716. The number of ether oxygens (including phenoxy) is 1. The van der Waals surface area contributed by atoms with Crippen LogP contribution < -0.4 is 10.1 Å². The number of anilines is 1. The summed E-state index contributed by atoms with van der Waals surface area (Å²) in [5, 5.41) is 3.53. The lowest BCUT2D eigenvalue weighted by Gasteiger charge is -2.31. The average Bonchev–Trinajstić information content (AvgIpc) is 2.51. The van der Waals surface area contributed by atoms with Gasteiger partial charge >= 0.3 is 0 Å². The van der Waals surface area contributed by atoms with Crippen LogP contribution in [0, 0.1) is 20.8 Å². The van der Waals surface area contributed by atoms with E-state index >= 15 is 0 Å². The maximum Gasteiger partial charge on any atom is 0.146 e. The first-order valence-corrected chi connectivity index (χ1v) is 7.63. The molecular formula is C17H18BrNO. The van der Waals surface area contributed by atoms with Crippen LogP contribution in [0.1, 0.15) is 28.4 Å². The van der Waals surface area contributed by atoms with Crippen molar-refractivity contribution in [3.63, 3.8) is 0 Å². The van der Waals surface area contributed by atoms with Gasteiger partial charge in [0, 0.05) is 4.47 Å². The van der Waals surface area contributed by atoms with Crippen molar-refractivity contribution in [1.82, 2.24) is 0 Å². The normalized spacial score (nSPS) is 17.1. The summed E-state index contributed by atoms with van der Waals surface area (Å²) in [6, 6.07) is 10.4. The molecule has 1 aliphatic heterocycles. The van der Waals surface area contributed by atoms with Gasteiger partial charge in [-0.1, -0.05) is 46.3 Å². The number of rotatable bonds is 1. The maximum absolute atomic E-state index is 6.28. The average molecular weight is 332 g/mol. The van der Waals surface area contributed by atoms with Crippen molar-refractivity contribution in [2.45, 2.75) is 26.9 Å². The van der Waals surface area contributed by atoms with Gasteiger partial charge < -0.3 is 10.1 Å². The van der Waals surface area contributed by atoms with E-state index in [1.807, 2.05) is 6.07 Å². The molecule has 3 rings (SSSR count). The number of fused-ring (bicyclic) bond motifs is 1. The fraction of sp³-hybridized carbons (Fsp3) is 0.294. The Bertz CT molecular complexity index is 652. The van der Waals surface area contributed by atoms with Crippen LogP contribution in [0.5, 0.6) is 5.75 Å². The van der Waals surface area contributed by atoms with Gasteiger partial charge in [-0.05, 0) is 43.0 Å². The zero-order chi connectivity index (χ0) is 14.3. The van der Waals surface area contributed by atoms with Gasteiger partial charge in [-0.25, -0.2) is 0 Å². The highest BCUT2D eigenvalue weighted by atomic mass is 79.9. The van der Waals surface area contributed by atoms with Gasteiger partial charge in [-0.15, -0.1) is 0 Å². The molecule has 0 saturated carbocycles. The standard InChI is InChI=1S/C17H18BrNO/c1-10-11(2)17-16(12(3)15(10)18)19-9-14(20-17)13-7-5-4-6-8-13/h4-8,14,19H,9H2,1-3H3. The lowest BCUT2D eigenvalue weighted by Crippen LogP contribution is -2.25. The van der Waals surface area contributed by atoms with Crippen molar-refractivity contribution >= 4 is 21.6 Å². The second-order valence-corrected chi connectivity index (χ2v) is 6.08. The van der Waals surface area contributed by atoms with Crippen LogP contribution in [-0.2, 0) is 0 Å². The minimum Gasteiger partial charge on any atom is -0.481 e. The Hall–Kier alpha value is -1.48. The molecular weight excluding hydrogens is 314 g/mol. The summed E-state index contributed by atoms with van der Waals surface area (Å²) in [5.74, 6) is 0.989. The quantitative estimate of drug-likeness (QED) is 0.800. The Labute approximate surface area is 128 Å². The van der Waals surface area contributed by atoms with Gasteiger partial charge in [0.2, 0.25) is 0 Å². The number of hydrogen-bond acceptors (Lipinski definition) is 2. The highest BCUT2D eigenvalue weighted by molar-refractivity contribution is 9.10. The Morgan fingerprint density at radius 1 is 1.05 bits per heavy atom. The fourth-order valence-corrected chi connectivity index (χ4v) is 3.17. The first kappa shape index (κ1) is 13.5. The number of hydrogen-bond donors (Lipinski definition) is 1. The third-order valence-corrected chi connectivity index (χ3v) is 5.25. The van der Waals surface area contributed by atoms with E-state index in [9.17, 15) is 0 Å². The lowest BCUT2D eigenvalue weighted by atomic mass is 10.0. The van der Waals surface area contributed by atoms with E-state index in [-0.39, 0.29) is 6.10 Å². The predicted molar refractivity (Wildman–Crippen MR) is 86.7 cm³/mol. The minimum absolute atomic E-state index is 0.0716. The first-order valence-electron chi connectivity index (χ1n) is 6.84. The van der Waals surface area contributed by atoms with Crippen LogP contribution in [-0.4, -0.2) is 6.54 Å². The van der Waals surface area contributed by atoms with Crippen LogP contribution in [0.25, 0.3) is 0 Å². The van der Waals surface area contributed by atoms with Crippen molar-refractivity contribution in [1.29, 1.82) is 0 Å². The number of benzene rings is 2. The largest absolute Gasteiger partial charge is 0.481 e. The van der Waals surface area contributed by atoms with Crippen LogP contribution >= 0.6 is 15.9 Å². The van der Waals surface area contributed by atoms with Gasteiger partial charge in [0.15, 0.2) is 0 Å². The van der Waals surface area contributed by atoms with Crippen molar-refractivity contribution in [2.75, 3.05) is 11.9 Å². The van der Waals surface area contributed by atoms with E-state index in [1.165, 1.54) is 26.7 Å². The highest BCUT2D eigenvalue weighted by Crippen LogP contribution is 2.44. The second kappa shape index (κ2) is 5.13. The third-order valence-electron chi connectivity index (χ3n) is 4.06. The smallest absolute Gasteiger partial charge is 0.146 e. The fourth-order valence-electron chi connectivity index (χ4n) is 2.68. The summed E-state index contributed by atoms with van der Waals surface area (Å²) in [6.07, 6.45) is 0.0716. The molecule has 20 heavy (non-hydrogen) atoms. The Balaban J connectivity index is 2.04. The van der Waals surface area contributed by atoms with E-state index in [4.69, 9.17) is 4.74 Å². The molecule has 1 N–H and O–H groups in total. The molecule has 0 bridgehead atoms. The summed E-state index contributed by atoms with van der Waals surface area (Å²) in [7, 11) is 0. The van der Waals surface area contributed by atoms with E-state index in [1.54, 1.807) is 0 Å². The summed E-state index contributed by atoms with van der Waals surface area (Å²) in [4.78, 5) is 0. The monoisotopic (exact) mass is 331 g/mol.